The molecule has 0 N–H and O–H groups in total. The molecule has 6 heteroatoms. The van der Waals surface area contributed by atoms with E-state index in [1.807, 2.05) is 49.0 Å². The summed E-state index contributed by atoms with van der Waals surface area (Å²) in [5.74, 6) is -1.37. The first-order valence-corrected chi connectivity index (χ1v) is 8.43. The van der Waals surface area contributed by atoms with E-state index in [2.05, 4.69) is 0 Å². The van der Waals surface area contributed by atoms with Crippen molar-refractivity contribution < 1.29 is 19.1 Å². The van der Waals surface area contributed by atoms with Crippen molar-refractivity contribution in [2.24, 2.45) is 0 Å². The predicted octanol–water partition coefficient (Wildman–Crippen LogP) is 2.92. The quantitative estimate of drug-likeness (QED) is 0.334. The van der Waals surface area contributed by atoms with Crippen LogP contribution < -0.4 is 5.01 Å². The molecule has 0 atom stereocenters. The van der Waals surface area contributed by atoms with Gasteiger partial charge in [0.15, 0.2) is 5.57 Å². The molecule has 25 heavy (non-hydrogen) atoms. The van der Waals surface area contributed by atoms with Crippen LogP contribution in [-0.2, 0) is 19.1 Å². The van der Waals surface area contributed by atoms with Crippen molar-refractivity contribution in [2.45, 2.75) is 27.7 Å². The average Bonchev–Trinajstić information content (AvgIpc) is 2.93. The molecule has 0 aliphatic rings. The molecular formula is C19H24N2O4. The van der Waals surface area contributed by atoms with Crippen molar-refractivity contribution >= 4 is 22.8 Å². The monoisotopic (exact) mass is 344 g/mol. The topological polar surface area (TPSA) is 60.8 Å². The fourth-order valence-corrected chi connectivity index (χ4v) is 2.60. The molecule has 134 valence electrons. The van der Waals surface area contributed by atoms with Crippen LogP contribution >= 0.6 is 0 Å². The van der Waals surface area contributed by atoms with Crippen LogP contribution in [-0.4, -0.2) is 36.4 Å². The molecule has 2 rings (SSSR count). The standard InChI is InChI=1S/C19H24N2O4/c1-5-20(13-16(18(22)24-6-2)19(23)25-7-3)21-12-14(4)15-10-8-9-11-17(15)21/h8-13H,5-7H2,1-4H3. The van der Waals surface area contributed by atoms with Gasteiger partial charge < -0.3 is 9.47 Å². The number of benzene rings is 1. The summed E-state index contributed by atoms with van der Waals surface area (Å²) in [6, 6.07) is 7.96. The molecule has 1 aromatic carbocycles. The molecule has 0 bridgehead atoms. The minimum absolute atomic E-state index is 0.124. The van der Waals surface area contributed by atoms with E-state index in [0.717, 1.165) is 16.5 Å². The Morgan fingerprint density at radius 1 is 1.08 bits per heavy atom. The molecule has 0 aliphatic carbocycles. The number of carbonyl (C=O) groups is 2. The first-order valence-electron chi connectivity index (χ1n) is 8.43. The number of nitrogens with zero attached hydrogens (tertiary/aromatic N) is 2. The van der Waals surface area contributed by atoms with Gasteiger partial charge in [-0.1, -0.05) is 18.2 Å². The Labute approximate surface area is 147 Å². The third-order valence-corrected chi connectivity index (χ3v) is 3.76. The van der Waals surface area contributed by atoms with E-state index in [1.165, 1.54) is 6.20 Å². The summed E-state index contributed by atoms with van der Waals surface area (Å²) in [5.41, 5.74) is 1.97. The maximum Gasteiger partial charge on any atom is 0.347 e. The predicted molar refractivity (Wildman–Crippen MR) is 96.8 cm³/mol. The average molecular weight is 344 g/mol. The highest BCUT2D eigenvalue weighted by atomic mass is 16.6. The Bertz CT molecular complexity index is 772. The summed E-state index contributed by atoms with van der Waals surface area (Å²) >= 11 is 0. The van der Waals surface area contributed by atoms with Gasteiger partial charge in [-0.3, -0.25) is 9.69 Å². The molecular weight excluding hydrogens is 320 g/mol. The first kappa shape index (κ1) is 18.6. The smallest absolute Gasteiger partial charge is 0.347 e. The zero-order valence-corrected chi connectivity index (χ0v) is 15.1. The lowest BCUT2D eigenvalue weighted by molar-refractivity contribution is -0.146. The lowest BCUT2D eigenvalue weighted by Crippen LogP contribution is -2.31. The third-order valence-electron chi connectivity index (χ3n) is 3.76. The Hall–Kier alpha value is -2.76. The van der Waals surface area contributed by atoms with Gasteiger partial charge >= 0.3 is 11.9 Å². The molecule has 2 aromatic rings. The van der Waals surface area contributed by atoms with E-state index >= 15 is 0 Å². The molecule has 0 saturated heterocycles. The number of rotatable bonds is 7. The maximum absolute atomic E-state index is 12.2. The maximum atomic E-state index is 12.2. The number of carbonyl (C=O) groups excluding carboxylic acids is 2. The zero-order chi connectivity index (χ0) is 18.4. The molecule has 0 aliphatic heterocycles. The fraction of sp³-hybridized carbons (Fsp3) is 0.368. The van der Waals surface area contributed by atoms with Gasteiger partial charge in [0, 0.05) is 24.3 Å². The summed E-state index contributed by atoms with van der Waals surface area (Å²) < 4.78 is 11.9. The summed E-state index contributed by atoms with van der Waals surface area (Å²) in [6.07, 6.45) is 3.46. The van der Waals surface area contributed by atoms with Crippen LogP contribution in [0.3, 0.4) is 0 Å². The fourth-order valence-electron chi connectivity index (χ4n) is 2.60. The van der Waals surface area contributed by atoms with Crippen LogP contribution in [0.4, 0.5) is 0 Å². The van der Waals surface area contributed by atoms with Gasteiger partial charge in [0.05, 0.1) is 18.7 Å². The molecule has 0 unspecified atom stereocenters. The van der Waals surface area contributed by atoms with Crippen molar-refractivity contribution in [2.75, 3.05) is 24.8 Å². The van der Waals surface area contributed by atoms with Gasteiger partial charge in [0.2, 0.25) is 0 Å². The highest BCUT2D eigenvalue weighted by molar-refractivity contribution is 6.14. The molecule has 0 amide bonds. The van der Waals surface area contributed by atoms with Crippen LogP contribution in [0.5, 0.6) is 0 Å². The van der Waals surface area contributed by atoms with Gasteiger partial charge in [0.1, 0.15) is 0 Å². The number of para-hydroxylation sites is 1. The minimum Gasteiger partial charge on any atom is -0.462 e. The van der Waals surface area contributed by atoms with Crippen molar-refractivity contribution in [3.05, 3.63) is 47.8 Å². The van der Waals surface area contributed by atoms with E-state index in [0.29, 0.717) is 6.54 Å². The van der Waals surface area contributed by atoms with Crippen LogP contribution in [0.25, 0.3) is 10.9 Å². The van der Waals surface area contributed by atoms with Gasteiger partial charge in [-0.25, -0.2) is 9.59 Å². The Morgan fingerprint density at radius 2 is 1.68 bits per heavy atom. The molecule has 6 nitrogen and oxygen atoms in total. The summed E-state index contributed by atoms with van der Waals surface area (Å²) in [6.45, 7) is 8.28. The van der Waals surface area contributed by atoms with E-state index in [1.54, 1.807) is 18.9 Å². The highest BCUT2D eigenvalue weighted by Crippen LogP contribution is 2.21. The zero-order valence-electron chi connectivity index (χ0n) is 15.1. The van der Waals surface area contributed by atoms with Crippen LogP contribution in [0, 0.1) is 6.92 Å². The van der Waals surface area contributed by atoms with E-state index in [4.69, 9.17) is 9.47 Å². The molecule has 0 saturated carbocycles. The van der Waals surface area contributed by atoms with E-state index < -0.39 is 11.9 Å². The Balaban J connectivity index is 2.49. The molecule has 0 radical (unpaired) electrons. The van der Waals surface area contributed by atoms with Gasteiger partial charge in [-0.05, 0) is 39.3 Å². The number of hydrogen-bond donors (Lipinski definition) is 0. The number of fused-ring (bicyclic) bond motifs is 1. The normalized spacial score (nSPS) is 10.4. The summed E-state index contributed by atoms with van der Waals surface area (Å²) in [4.78, 5) is 24.4. The van der Waals surface area contributed by atoms with E-state index in [9.17, 15) is 9.59 Å². The van der Waals surface area contributed by atoms with Crippen LogP contribution in [0.15, 0.2) is 42.2 Å². The van der Waals surface area contributed by atoms with Crippen LogP contribution in [0.1, 0.15) is 26.3 Å². The Morgan fingerprint density at radius 3 is 2.24 bits per heavy atom. The number of esters is 2. The van der Waals surface area contributed by atoms with Crippen molar-refractivity contribution in [1.82, 2.24) is 4.68 Å². The second-order valence-corrected chi connectivity index (χ2v) is 5.41. The van der Waals surface area contributed by atoms with Crippen LogP contribution in [0.2, 0.25) is 0 Å². The Kier molecular flexibility index (Phi) is 6.22. The minimum atomic E-state index is -0.687. The molecule has 0 spiro atoms. The van der Waals surface area contributed by atoms with Crippen molar-refractivity contribution in [3.8, 4) is 0 Å². The summed E-state index contributed by atoms with van der Waals surface area (Å²) in [5, 5.41) is 2.90. The second-order valence-electron chi connectivity index (χ2n) is 5.41. The van der Waals surface area contributed by atoms with Gasteiger partial charge in [-0.15, -0.1) is 0 Å². The molecule has 1 aromatic heterocycles. The van der Waals surface area contributed by atoms with Crippen molar-refractivity contribution in [1.29, 1.82) is 0 Å². The number of hydrogen-bond acceptors (Lipinski definition) is 5. The lowest BCUT2D eigenvalue weighted by atomic mass is 10.2. The number of aryl methyl sites for hydroxylation is 1. The highest BCUT2D eigenvalue weighted by Gasteiger charge is 2.23. The molecule has 0 fully saturated rings. The van der Waals surface area contributed by atoms with Gasteiger partial charge in [-0.2, -0.15) is 0 Å². The van der Waals surface area contributed by atoms with Crippen molar-refractivity contribution in [3.63, 3.8) is 0 Å². The second kappa shape index (κ2) is 8.37. The SMILES string of the molecule is CCOC(=O)C(=CN(CC)n1cc(C)c2ccccc21)C(=O)OCC. The largest absolute Gasteiger partial charge is 0.462 e. The summed E-state index contributed by atoms with van der Waals surface area (Å²) in [7, 11) is 0. The number of ether oxygens (including phenoxy) is 2. The lowest BCUT2D eigenvalue weighted by Gasteiger charge is -2.22. The van der Waals surface area contributed by atoms with E-state index in [-0.39, 0.29) is 18.8 Å². The first-order chi connectivity index (χ1) is 12.0. The molecule has 1 heterocycles. The van der Waals surface area contributed by atoms with Gasteiger partial charge in [0.25, 0.3) is 0 Å². The third kappa shape index (κ3) is 4.02. The number of aromatic nitrogens is 1.